The lowest BCUT2D eigenvalue weighted by Crippen LogP contribution is -2.21. The predicted octanol–water partition coefficient (Wildman–Crippen LogP) is 4.89. The predicted molar refractivity (Wildman–Crippen MR) is 99.7 cm³/mol. The van der Waals surface area contributed by atoms with Crippen molar-refractivity contribution in [1.29, 1.82) is 0 Å². The molecule has 0 unspecified atom stereocenters. The van der Waals surface area contributed by atoms with Gasteiger partial charge in [0.1, 0.15) is 5.01 Å². The number of rotatable bonds is 6. The Morgan fingerprint density at radius 3 is 2.50 bits per heavy atom. The first-order chi connectivity index (χ1) is 11.8. The van der Waals surface area contributed by atoms with Gasteiger partial charge in [-0.05, 0) is 12.0 Å². The second-order valence-electron chi connectivity index (χ2n) is 5.63. The van der Waals surface area contributed by atoms with Crippen molar-refractivity contribution in [2.24, 2.45) is 0 Å². The molecule has 3 aromatic rings. The molecule has 1 amide bonds. The summed E-state index contributed by atoms with van der Waals surface area (Å²) in [6.07, 6.45) is 1.46. The summed E-state index contributed by atoms with van der Waals surface area (Å²) >= 11 is 1.65. The second-order valence-corrected chi connectivity index (χ2v) is 6.49. The number of amides is 1. The van der Waals surface area contributed by atoms with Gasteiger partial charge in [0.25, 0.3) is 0 Å². The van der Waals surface area contributed by atoms with E-state index in [1.807, 2.05) is 37.3 Å². The number of hydrogen-bond donors (Lipinski definition) is 1. The van der Waals surface area contributed by atoms with E-state index in [1.165, 1.54) is 0 Å². The van der Waals surface area contributed by atoms with Gasteiger partial charge in [-0.1, -0.05) is 61.5 Å². The van der Waals surface area contributed by atoms with Crippen LogP contribution in [0.4, 0.5) is 0 Å². The number of benzene rings is 2. The third-order valence-electron chi connectivity index (χ3n) is 3.74. The zero-order chi connectivity index (χ0) is 16.8. The third-order valence-corrected chi connectivity index (χ3v) is 4.63. The van der Waals surface area contributed by atoms with Crippen molar-refractivity contribution >= 4 is 17.2 Å². The van der Waals surface area contributed by atoms with Gasteiger partial charge in [-0.15, -0.1) is 11.3 Å². The van der Waals surface area contributed by atoms with E-state index in [2.05, 4.69) is 35.0 Å². The molecule has 1 heterocycles. The molecule has 0 aliphatic rings. The Morgan fingerprint density at radius 1 is 1.04 bits per heavy atom. The van der Waals surface area contributed by atoms with Crippen LogP contribution in [0.15, 0.2) is 60.0 Å². The molecular weight excluding hydrogens is 316 g/mol. The molecule has 0 aliphatic heterocycles. The molecule has 0 fully saturated rings. The molecule has 0 atom stereocenters. The van der Waals surface area contributed by atoms with Gasteiger partial charge in [0.15, 0.2) is 0 Å². The van der Waals surface area contributed by atoms with Gasteiger partial charge in [0.05, 0.1) is 5.69 Å². The molecular formula is C20H20N2OS. The molecule has 0 saturated heterocycles. The Bertz CT molecular complexity index is 794. The van der Waals surface area contributed by atoms with Gasteiger partial charge in [-0.25, -0.2) is 4.98 Å². The zero-order valence-corrected chi connectivity index (χ0v) is 14.5. The Kier molecular flexibility index (Phi) is 5.39. The van der Waals surface area contributed by atoms with Crippen LogP contribution in [-0.2, 0) is 11.3 Å². The number of hydrogen-bond acceptors (Lipinski definition) is 3. The summed E-state index contributed by atoms with van der Waals surface area (Å²) in [7, 11) is 0. The average Bonchev–Trinajstić information content (AvgIpc) is 3.12. The van der Waals surface area contributed by atoms with Crippen molar-refractivity contribution in [2.45, 2.75) is 26.3 Å². The minimum Gasteiger partial charge on any atom is -0.352 e. The van der Waals surface area contributed by atoms with Crippen molar-refractivity contribution in [3.63, 3.8) is 0 Å². The van der Waals surface area contributed by atoms with E-state index in [9.17, 15) is 4.79 Å². The number of nitrogens with zero attached hydrogens (tertiary/aromatic N) is 1. The number of nitrogens with one attached hydrogen (secondary N) is 1. The summed E-state index contributed by atoms with van der Waals surface area (Å²) in [5.74, 6) is 0.106. The van der Waals surface area contributed by atoms with Gasteiger partial charge in [-0.3, -0.25) is 4.79 Å². The molecule has 1 N–H and O–H groups in total. The summed E-state index contributed by atoms with van der Waals surface area (Å²) in [5, 5.41) is 6.03. The molecule has 24 heavy (non-hydrogen) atoms. The fraction of sp³-hybridized carbons (Fsp3) is 0.200. The van der Waals surface area contributed by atoms with Gasteiger partial charge in [0.2, 0.25) is 5.91 Å². The highest BCUT2D eigenvalue weighted by atomic mass is 32.1. The molecule has 3 nitrogen and oxygen atoms in total. The molecule has 0 bridgehead atoms. The highest BCUT2D eigenvalue weighted by Gasteiger charge is 2.07. The average molecular weight is 336 g/mol. The van der Waals surface area contributed by atoms with Crippen LogP contribution >= 0.6 is 11.3 Å². The van der Waals surface area contributed by atoms with E-state index in [0.29, 0.717) is 13.0 Å². The van der Waals surface area contributed by atoms with Gasteiger partial charge in [-0.2, -0.15) is 0 Å². The summed E-state index contributed by atoms with van der Waals surface area (Å²) in [6, 6.07) is 18.4. The van der Waals surface area contributed by atoms with Crippen LogP contribution in [0.1, 0.15) is 25.3 Å². The molecule has 1 aromatic heterocycles. The van der Waals surface area contributed by atoms with Crippen molar-refractivity contribution in [1.82, 2.24) is 10.3 Å². The Morgan fingerprint density at radius 2 is 1.79 bits per heavy atom. The van der Waals surface area contributed by atoms with E-state index >= 15 is 0 Å². The minimum atomic E-state index is 0.106. The van der Waals surface area contributed by atoms with Crippen LogP contribution in [0.5, 0.6) is 0 Å². The van der Waals surface area contributed by atoms with Crippen molar-refractivity contribution < 1.29 is 4.79 Å². The molecule has 0 radical (unpaired) electrons. The molecule has 3 rings (SSSR count). The number of carbonyl (C=O) groups is 1. The fourth-order valence-corrected chi connectivity index (χ4v) is 3.26. The lowest BCUT2D eigenvalue weighted by atomic mass is 10.1. The van der Waals surface area contributed by atoms with Crippen LogP contribution in [0, 0.1) is 0 Å². The Labute approximate surface area is 146 Å². The maximum atomic E-state index is 11.5. The molecule has 4 heteroatoms. The van der Waals surface area contributed by atoms with Crippen LogP contribution in [-0.4, -0.2) is 10.9 Å². The third kappa shape index (κ3) is 4.09. The molecule has 122 valence electrons. The van der Waals surface area contributed by atoms with Crippen molar-refractivity contribution in [3.8, 4) is 21.8 Å². The maximum absolute atomic E-state index is 11.5. The summed E-state index contributed by atoms with van der Waals surface area (Å²) in [5.41, 5.74) is 4.34. The smallest absolute Gasteiger partial charge is 0.220 e. The van der Waals surface area contributed by atoms with E-state index in [4.69, 9.17) is 4.98 Å². The molecule has 2 aromatic carbocycles. The zero-order valence-electron chi connectivity index (χ0n) is 13.7. The first-order valence-electron chi connectivity index (χ1n) is 8.13. The number of carbonyl (C=O) groups excluding carboxylic acids is 1. The first-order valence-corrected chi connectivity index (χ1v) is 9.01. The molecule has 0 spiro atoms. The van der Waals surface area contributed by atoms with Gasteiger partial charge >= 0.3 is 0 Å². The Balaban J connectivity index is 1.68. The summed E-state index contributed by atoms with van der Waals surface area (Å²) in [4.78, 5) is 16.3. The van der Waals surface area contributed by atoms with E-state index in [1.54, 1.807) is 11.3 Å². The number of aromatic nitrogens is 1. The van der Waals surface area contributed by atoms with Crippen molar-refractivity contribution in [2.75, 3.05) is 0 Å². The van der Waals surface area contributed by atoms with E-state index in [-0.39, 0.29) is 5.91 Å². The monoisotopic (exact) mass is 336 g/mol. The second kappa shape index (κ2) is 7.88. The summed E-state index contributed by atoms with van der Waals surface area (Å²) < 4.78 is 0. The summed E-state index contributed by atoms with van der Waals surface area (Å²) in [6.45, 7) is 2.58. The fourth-order valence-electron chi connectivity index (χ4n) is 2.43. The SMILES string of the molecule is CCCC(=O)NCc1ccc(-c2nc(-c3ccccc3)cs2)cc1. The highest BCUT2D eigenvalue weighted by Crippen LogP contribution is 2.28. The highest BCUT2D eigenvalue weighted by molar-refractivity contribution is 7.13. The van der Waals surface area contributed by atoms with Crippen LogP contribution in [0.2, 0.25) is 0 Å². The largest absolute Gasteiger partial charge is 0.352 e. The van der Waals surface area contributed by atoms with Gasteiger partial charge in [0, 0.05) is 29.5 Å². The lowest BCUT2D eigenvalue weighted by molar-refractivity contribution is -0.121. The van der Waals surface area contributed by atoms with Crippen LogP contribution in [0.3, 0.4) is 0 Å². The lowest BCUT2D eigenvalue weighted by Gasteiger charge is -2.05. The topological polar surface area (TPSA) is 42.0 Å². The molecule has 0 saturated carbocycles. The maximum Gasteiger partial charge on any atom is 0.220 e. The first kappa shape index (κ1) is 16.4. The Hall–Kier alpha value is -2.46. The minimum absolute atomic E-state index is 0.106. The standard InChI is InChI=1S/C20H20N2OS/c1-2-6-19(23)21-13-15-9-11-17(12-10-15)20-22-18(14-24-20)16-7-4-3-5-8-16/h3-5,7-12,14H,2,6,13H2,1H3,(H,21,23). The normalized spacial score (nSPS) is 10.5. The van der Waals surface area contributed by atoms with Crippen LogP contribution < -0.4 is 5.32 Å². The van der Waals surface area contributed by atoms with E-state index < -0.39 is 0 Å². The quantitative estimate of drug-likeness (QED) is 0.696. The van der Waals surface area contributed by atoms with Crippen molar-refractivity contribution in [3.05, 3.63) is 65.5 Å². The van der Waals surface area contributed by atoms with Crippen LogP contribution in [0.25, 0.3) is 21.8 Å². The van der Waals surface area contributed by atoms with Gasteiger partial charge < -0.3 is 5.32 Å². The van der Waals surface area contributed by atoms with E-state index in [0.717, 1.165) is 33.8 Å². The number of thiazole rings is 1. The molecule has 0 aliphatic carbocycles.